The van der Waals surface area contributed by atoms with Gasteiger partial charge in [-0.2, -0.15) is 15.0 Å². The van der Waals surface area contributed by atoms with E-state index in [1.165, 1.54) is 11.2 Å². The second-order valence-electron chi connectivity index (χ2n) is 5.99. The molecule has 1 aromatic carbocycles. The molecule has 3 heterocycles. The van der Waals surface area contributed by atoms with Crippen LogP contribution in [0.5, 0.6) is 5.75 Å². The van der Waals surface area contributed by atoms with Crippen molar-refractivity contribution >= 4 is 12.0 Å². The summed E-state index contributed by atoms with van der Waals surface area (Å²) in [4.78, 5) is 15.5. The van der Waals surface area contributed by atoms with Gasteiger partial charge in [0.25, 0.3) is 0 Å². The fraction of sp³-hybridized carbons (Fsp3) is 0.438. The standard InChI is InChI=1S/C16H19N5O2/c1-23-12-6-14(20-9-11-2-3-17-8-16(11)20)13(10-22)15(7-12)21-18-4-5-19-21/h4-7,10-11,16-17H,2-3,8-9H2,1H3/t11-,16-/m1/s1. The van der Waals surface area contributed by atoms with Crippen molar-refractivity contribution in [3.8, 4) is 11.4 Å². The lowest BCUT2D eigenvalue weighted by Gasteiger charge is -2.52. The summed E-state index contributed by atoms with van der Waals surface area (Å²) in [6.45, 7) is 3.01. The van der Waals surface area contributed by atoms with Crippen molar-refractivity contribution in [2.24, 2.45) is 5.92 Å². The Balaban J connectivity index is 1.79. The highest BCUT2D eigenvalue weighted by atomic mass is 16.5. The van der Waals surface area contributed by atoms with E-state index in [0.29, 0.717) is 29.0 Å². The lowest BCUT2D eigenvalue weighted by atomic mass is 9.82. The van der Waals surface area contributed by atoms with Crippen LogP contribution in [0, 0.1) is 5.92 Å². The van der Waals surface area contributed by atoms with Crippen molar-refractivity contribution in [2.75, 3.05) is 31.6 Å². The van der Waals surface area contributed by atoms with Gasteiger partial charge in [-0.15, -0.1) is 0 Å². The molecule has 2 aliphatic heterocycles. The van der Waals surface area contributed by atoms with Crippen molar-refractivity contribution in [3.63, 3.8) is 0 Å². The van der Waals surface area contributed by atoms with Crippen LogP contribution in [0.2, 0.25) is 0 Å². The highest BCUT2D eigenvalue weighted by molar-refractivity contribution is 5.91. The molecule has 2 atom stereocenters. The lowest BCUT2D eigenvalue weighted by Crippen LogP contribution is -2.64. The number of aromatic nitrogens is 3. The van der Waals surface area contributed by atoms with Gasteiger partial charge in [0.15, 0.2) is 6.29 Å². The maximum absolute atomic E-state index is 11.8. The third-order valence-electron chi connectivity index (χ3n) is 4.83. The first kappa shape index (κ1) is 14.2. The summed E-state index contributed by atoms with van der Waals surface area (Å²) < 4.78 is 5.42. The van der Waals surface area contributed by atoms with Gasteiger partial charge in [0, 0.05) is 31.3 Å². The number of nitrogens with zero attached hydrogens (tertiary/aromatic N) is 4. The van der Waals surface area contributed by atoms with Gasteiger partial charge >= 0.3 is 0 Å². The Labute approximate surface area is 134 Å². The zero-order valence-electron chi connectivity index (χ0n) is 13.0. The van der Waals surface area contributed by atoms with Crippen molar-refractivity contribution in [2.45, 2.75) is 12.5 Å². The molecule has 2 fully saturated rings. The van der Waals surface area contributed by atoms with Crippen molar-refractivity contribution in [1.29, 1.82) is 0 Å². The number of benzene rings is 1. The monoisotopic (exact) mass is 313 g/mol. The molecule has 0 saturated carbocycles. The van der Waals surface area contributed by atoms with Crippen LogP contribution in [0.25, 0.3) is 5.69 Å². The molecule has 2 saturated heterocycles. The molecule has 1 aromatic heterocycles. The number of anilines is 1. The molecule has 1 N–H and O–H groups in total. The third-order valence-corrected chi connectivity index (χ3v) is 4.83. The Kier molecular flexibility index (Phi) is 3.49. The van der Waals surface area contributed by atoms with Gasteiger partial charge in [-0.1, -0.05) is 0 Å². The summed E-state index contributed by atoms with van der Waals surface area (Å²) in [5.74, 6) is 1.40. The predicted molar refractivity (Wildman–Crippen MR) is 85.4 cm³/mol. The number of methoxy groups -OCH3 is 1. The van der Waals surface area contributed by atoms with Crippen LogP contribution in [-0.4, -0.2) is 54.1 Å². The molecule has 2 aromatic rings. The number of ether oxygens (including phenoxy) is 1. The number of rotatable bonds is 4. The highest BCUT2D eigenvalue weighted by Crippen LogP contribution is 2.39. The minimum Gasteiger partial charge on any atom is -0.497 e. The van der Waals surface area contributed by atoms with Crippen LogP contribution in [0.1, 0.15) is 16.8 Å². The number of carbonyl (C=O) groups is 1. The van der Waals surface area contributed by atoms with E-state index in [-0.39, 0.29) is 0 Å². The van der Waals surface area contributed by atoms with E-state index in [9.17, 15) is 4.79 Å². The average Bonchev–Trinajstić information content (AvgIpc) is 3.09. The number of carbonyl (C=O) groups excluding carboxylic acids is 1. The SMILES string of the molecule is COc1cc(N2C[C@H]3CCNC[C@H]32)c(C=O)c(-n2nccn2)c1. The van der Waals surface area contributed by atoms with Crippen LogP contribution < -0.4 is 15.0 Å². The maximum atomic E-state index is 11.8. The van der Waals surface area contributed by atoms with E-state index >= 15 is 0 Å². The molecule has 2 aliphatic rings. The summed E-state index contributed by atoms with van der Waals surface area (Å²) in [5, 5.41) is 11.7. The number of fused-ring (bicyclic) bond motifs is 1. The van der Waals surface area contributed by atoms with E-state index < -0.39 is 0 Å². The van der Waals surface area contributed by atoms with E-state index in [1.807, 2.05) is 6.07 Å². The second kappa shape index (κ2) is 5.66. The maximum Gasteiger partial charge on any atom is 0.154 e. The molecule has 7 heteroatoms. The molecule has 23 heavy (non-hydrogen) atoms. The zero-order chi connectivity index (χ0) is 15.8. The Morgan fingerprint density at radius 3 is 2.78 bits per heavy atom. The van der Waals surface area contributed by atoms with Crippen molar-refractivity contribution < 1.29 is 9.53 Å². The summed E-state index contributed by atoms with van der Waals surface area (Å²) in [5.41, 5.74) is 2.15. The van der Waals surface area contributed by atoms with Crippen LogP contribution in [0.15, 0.2) is 24.5 Å². The highest BCUT2D eigenvalue weighted by Gasteiger charge is 2.41. The van der Waals surface area contributed by atoms with Gasteiger partial charge in [-0.3, -0.25) is 4.79 Å². The van der Waals surface area contributed by atoms with Crippen molar-refractivity contribution in [1.82, 2.24) is 20.3 Å². The van der Waals surface area contributed by atoms with Gasteiger partial charge in [0.05, 0.1) is 30.8 Å². The molecule has 0 unspecified atom stereocenters. The topological polar surface area (TPSA) is 72.3 Å². The first-order valence-corrected chi connectivity index (χ1v) is 7.83. The number of nitrogens with one attached hydrogen (secondary N) is 1. The van der Waals surface area contributed by atoms with Crippen LogP contribution in [-0.2, 0) is 0 Å². The van der Waals surface area contributed by atoms with E-state index in [2.05, 4.69) is 20.4 Å². The van der Waals surface area contributed by atoms with Gasteiger partial charge in [0.2, 0.25) is 0 Å². The minimum atomic E-state index is 0.438. The first-order chi connectivity index (χ1) is 11.3. The fourth-order valence-corrected chi connectivity index (χ4v) is 3.58. The molecular formula is C16H19N5O2. The number of piperidine rings is 1. The minimum absolute atomic E-state index is 0.438. The Bertz CT molecular complexity index is 716. The van der Waals surface area contributed by atoms with Gasteiger partial charge < -0.3 is 15.0 Å². The lowest BCUT2D eigenvalue weighted by molar-refractivity contribution is 0.112. The Morgan fingerprint density at radius 1 is 1.30 bits per heavy atom. The number of hydrogen-bond acceptors (Lipinski definition) is 6. The van der Waals surface area contributed by atoms with E-state index in [4.69, 9.17) is 4.74 Å². The quantitative estimate of drug-likeness (QED) is 0.845. The number of aldehydes is 1. The third kappa shape index (κ3) is 2.28. The van der Waals surface area contributed by atoms with Gasteiger partial charge in [-0.25, -0.2) is 0 Å². The van der Waals surface area contributed by atoms with E-state index in [0.717, 1.165) is 31.6 Å². The first-order valence-electron chi connectivity index (χ1n) is 7.83. The Morgan fingerprint density at radius 2 is 2.09 bits per heavy atom. The summed E-state index contributed by atoms with van der Waals surface area (Å²) in [6, 6.07) is 4.17. The largest absolute Gasteiger partial charge is 0.497 e. The molecule has 120 valence electrons. The average molecular weight is 313 g/mol. The smallest absolute Gasteiger partial charge is 0.154 e. The summed E-state index contributed by atoms with van der Waals surface area (Å²) in [7, 11) is 1.63. The van der Waals surface area contributed by atoms with Crippen LogP contribution >= 0.6 is 0 Å². The normalized spacial score (nSPS) is 23.1. The molecule has 7 nitrogen and oxygen atoms in total. The molecule has 0 amide bonds. The molecule has 0 radical (unpaired) electrons. The molecule has 0 spiro atoms. The van der Waals surface area contributed by atoms with Gasteiger partial charge in [0.1, 0.15) is 11.4 Å². The number of hydrogen-bond donors (Lipinski definition) is 1. The van der Waals surface area contributed by atoms with Gasteiger partial charge in [-0.05, 0) is 18.9 Å². The van der Waals surface area contributed by atoms with Crippen LogP contribution in [0.4, 0.5) is 5.69 Å². The van der Waals surface area contributed by atoms with E-state index in [1.54, 1.807) is 25.6 Å². The summed E-state index contributed by atoms with van der Waals surface area (Å²) >= 11 is 0. The Hall–Kier alpha value is -2.41. The fourth-order valence-electron chi connectivity index (χ4n) is 3.58. The predicted octanol–water partition coefficient (Wildman–Crippen LogP) is 0.886. The van der Waals surface area contributed by atoms with Crippen LogP contribution in [0.3, 0.4) is 0 Å². The second-order valence-corrected chi connectivity index (χ2v) is 5.99. The molecule has 0 aliphatic carbocycles. The molecular weight excluding hydrogens is 294 g/mol. The summed E-state index contributed by atoms with van der Waals surface area (Å²) in [6.07, 6.45) is 5.27. The molecule has 0 bridgehead atoms. The zero-order valence-corrected chi connectivity index (χ0v) is 13.0. The van der Waals surface area contributed by atoms with Crippen molar-refractivity contribution in [3.05, 3.63) is 30.1 Å². The molecule has 4 rings (SSSR count).